The average Bonchev–Trinajstić information content (AvgIpc) is 3.42. The zero-order chi connectivity index (χ0) is 25.8. The van der Waals surface area contributed by atoms with Crippen LogP contribution in [0.25, 0.3) is 28.2 Å². The van der Waals surface area contributed by atoms with Gasteiger partial charge in [-0.3, -0.25) is 0 Å². The molecule has 0 saturated carbocycles. The van der Waals surface area contributed by atoms with Crippen molar-refractivity contribution in [3.8, 4) is 28.5 Å². The van der Waals surface area contributed by atoms with Gasteiger partial charge in [-0.1, -0.05) is 41.6 Å². The van der Waals surface area contributed by atoms with Crippen LogP contribution < -0.4 is 14.2 Å². The Bertz CT molecular complexity index is 1450. The van der Waals surface area contributed by atoms with Crippen molar-refractivity contribution in [2.45, 2.75) is 0 Å². The Morgan fingerprint density at radius 3 is 2.41 bits per heavy atom. The summed E-state index contributed by atoms with van der Waals surface area (Å²) in [6.45, 7) is 1.79. The predicted octanol–water partition coefficient (Wildman–Crippen LogP) is 5.59. The largest absolute Gasteiger partial charge is 0.493 e. The van der Waals surface area contributed by atoms with Crippen molar-refractivity contribution in [3.63, 3.8) is 0 Å². The van der Waals surface area contributed by atoms with Crippen LogP contribution in [0, 0.1) is 0 Å². The molecular weight excluding hydrogens is 466 g/mol. The lowest BCUT2D eigenvalue weighted by atomic mass is 10.1. The maximum atomic E-state index is 6.02. The molecule has 0 spiro atoms. The van der Waals surface area contributed by atoms with Gasteiger partial charge in [-0.2, -0.15) is 0 Å². The highest BCUT2D eigenvalue weighted by molar-refractivity contribution is 6.30. The summed E-state index contributed by atoms with van der Waals surface area (Å²) in [5, 5.41) is 5.63. The van der Waals surface area contributed by atoms with Gasteiger partial charge < -0.3 is 28.9 Å². The summed E-state index contributed by atoms with van der Waals surface area (Å²) in [5.41, 5.74) is 6.72. The van der Waals surface area contributed by atoms with Crippen LogP contribution in [0.2, 0.25) is 0 Å². The molecule has 0 unspecified atom stereocenters. The SMILES string of the molecule is COc1cc2c(cc1OC)-c1[nH]c3ccc(OCCN(C)C)cc3c1C2=NOCC=Cc1ccccc1. The van der Waals surface area contributed by atoms with E-state index in [0.29, 0.717) is 24.7 Å². The monoisotopic (exact) mass is 497 g/mol. The van der Waals surface area contributed by atoms with Crippen LogP contribution in [0.5, 0.6) is 17.2 Å². The second-order valence-electron chi connectivity index (χ2n) is 9.04. The molecule has 0 bridgehead atoms. The molecule has 7 nitrogen and oxygen atoms in total. The molecule has 1 N–H and O–H groups in total. The molecule has 3 aromatic carbocycles. The summed E-state index contributed by atoms with van der Waals surface area (Å²) in [7, 11) is 7.33. The quantitative estimate of drug-likeness (QED) is 0.201. The van der Waals surface area contributed by atoms with Crippen LogP contribution in [0.15, 0.2) is 71.9 Å². The van der Waals surface area contributed by atoms with Gasteiger partial charge in [0.1, 0.15) is 24.7 Å². The number of nitrogens with one attached hydrogen (secondary N) is 1. The summed E-state index contributed by atoms with van der Waals surface area (Å²) in [4.78, 5) is 11.5. The zero-order valence-electron chi connectivity index (χ0n) is 21.6. The van der Waals surface area contributed by atoms with E-state index in [1.54, 1.807) is 14.2 Å². The minimum atomic E-state index is 0.345. The Hall–Kier alpha value is -4.23. The van der Waals surface area contributed by atoms with Gasteiger partial charge >= 0.3 is 0 Å². The van der Waals surface area contributed by atoms with Crippen molar-refractivity contribution in [2.75, 3.05) is 48.1 Å². The molecule has 4 aromatic rings. The third-order valence-electron chi connectivity index (χ3n) is 6.30. The lowest BCUT2D eigenvalue weighted by Gasteiger charge is -2.12. The van der Waals surface area contributed by atoms with Crippen molar-refractivity contribution in [2.24, 2.45) is 5.16 Å². The average molecular weight is 498 g/mol. The van der Waals surface area contributed by atoms with Crippen molar-refractivity contribution < 1.29 is 19.0 Å². The van der Waals surface area contributed by atoms with Gasteiger partial charge in [0.25, 0.3) is 0 Å². The van der Waals surface area contributed by atoms with Crippen molar-refractivity contribution in [1.82, 2.24) is 9.88 Å². The van der Waals surface area contributed by atoms with E-state index in [1.165, 1.54) is 0 Å². The van der Waals surface area contributed by atoms with Crippen LogP contribution in [-0.4, -0.2) is 63.7 Å². The number of likely N-dealkylation sites (N-methyl/N-ethyl adjacent to an activating group) is 1. The minimum Gasteiger partial charge on any atom is -0.493 e. The van der Waals surface area contributed by atoms with Gasteiger partial charge in [0.2, 0.25) is 0 Å². The standard InChI is InChI=1S/C30H31N3O4/c1-33(2)14-16-36-21-12-13-25-24(17-21)28-29(31-25)22-18-26(34-3)27(35-4)19-23(22)30(28)32-37-15-8-11-20-9-6-5-7-10-20/h5-13,17-19,31H,14-16H2,1-4H3. The van der Waals surface area contributed by atoms with Crippen LogP contribution in [-0.2, 0) is 4.84 Å². The molecule has 37 heavy (non-hydrogen) atoms. The van der Waals surface area contributed by atoms with E-state index >= 15 is 0 Å². The van der Waals surface area contributed by atoms with E-state index in [1.807, 2.05) is 80.8 Å². The fourth-order valence-electron chi connectivity index (χ4n) is 4.46. The number of nitrogens with zero attached hydrogens (tertiary/aromatic N) is 2. The molecular formula is C30H31N3O4. The lowest BCUT2D eigenvalue weighted by Crippen LogP contribution is -2.19. The highest BCUT2D eigenvalue weighted by Crippen LogP contribution is 2.46. The highest BCUT2D eigenvalue weighted by Gasteiger charge is 2.32. The van der Waals surface area contributed by atoms with Gasteiger partial charge in [0.15, 0.2) is 11.5 Å². The molecule has 1 aliphatic carbocycles. The molecule has 0 saturated heterocycles. The number of fused-ring (bicyclic) bond motifs is 5. The minimum absolute atomic E-state index is 0.345. The Labute approximate surface area is 216 Å². The van der Waals surface area contributed by atoms with Crippen molar-refractivity contribution in [3.05, 3.63) is 83.4 Å². The molecule has 1 aliphatic rings. The van der Waals surface area contributed by atoms with E-state index in [9.17, 15) is 0 Å². The Morgan fingerprint density at radius 1 is 0.919 bits per heavy atom. The number of hydrogen-bond donors (Lipinski definition) is 1. The maximum absolute atomic E-state index is 6.02. The molecule has 1 heterocycles. The number of benzene rings is 3. The maximum Gasteiger partial charge on any atom is 0.161 e. The van der Waals surface area contributed by atoms with E-state index in [0.717, 1.165) is 56.9 Å². The summed E-state index contributed by atoms with van der Waals surface area (Å²) in [6.07, 6.45) is 3.97. The van der Waals surface area contributed by atoms with Crippen LogP contribution >= 0.6 is 0 Å². The first-order chi connectivity index (χ1) is 18.1. The molecule has 5 rings (SSSR count). The van der Waals surface area contributed by atoms with E-state index in [-0.39, 0.29) is 0 Å². The molecule has 0 fully saturated rings. The molecule has 0 atom stereocenters. The third kappa shape index (κ3) is 5.04. The fourth-order valence-corrected chi connectivity index (χ4v) is 4.46. The number of aromatic amines is 1. The molecule has 0 aliphatic heterocycles. The predicted molar refractivity (Wildman–Crippen MR) is 148 cm³/mol. The first kappa shape index (κ1) is 24.5. The normalized spacial score (nSPS) is 13.4. The lowest BCUT2D eigenvalue weighted by molar-refractivity contribution is 0.175. The number of methoxy groups -OCH3 is 2. The van der Waals surface area contributed by atoms with Crippen molar-refractivity contribution >= 4 is 22.7 Å². The van der Waals surface area contributed by atoms with Gasteiger partial charge in [-0.05, 0) is 56.1 Å². The fraction of sp³-hybridized carbons (Fsp3) is 0.233. The molecule has 0 radical (unpaired) electrons. The molecule has 7 heteroatoms. The summed E-state index contributed by atoms with van der Waals surface area (Å²) in [6, 6.07) is 20.1. The number of rotatable bonds is 10. The van der Waals surface area contributed by atoms with Crippen LogP contribution in [0.3, 0.4) is 0 Å². The van der Waals surface area contributed by atoms with E-state index < -0.39 is 0 Å². The van der Waals surface area contributed by atoms with Gasteiger partial charge in [-0.15, -0.1) is 0 Å². The molecule has 190 valence electrons. The second kappa shape index (κ2) is 10.8. The highest BCUT2D eigenvalue weighted by atomic mass is 16.6. The number of H-pyrrole nitrogens is 1. The number of aromatic nitrogens is 1. The number of ether oxygens (including phenoxy) is 3. The van der Waals surface area contributed by atoms with Crippen molar-refractivity contribution in [1.29, 1.82) is 0 Å². The van der Waals surface area contributed by atoms with Crippen LogP contribution in [0.1, 0.15) is 16.7 Å². The Kier molecular flexibility index (Phi) is 7.14. The first-order valence-corrected chi connectivity index (χ1v) is 12.2. The zero-order valence-corrected chi connectivity index (χ0v) is 21.6. The summed E-state index contributed by atoms with van der Waals surface area (Å²) >= 11 is 0. The van der Waals surface area contributed by atoms with Crippen LogP contribution in [0.4, 0.5) is 0 Å². The molecule has 0 amide bonds. The van der Waals surface area contributed by atoms with Gasteiger partial charge in [0.05, 0.1) is 19.9 Å². The van der Waals surface area contributed by atoms with Gasteiger partial charge in [0, 0.05) is 34.1 Å². The van der Waals surface area contributed by atoms with E-state index in [2.05, 4.69) is 21.1 Å². The second-order valence-corrected chi connectivity index (χ2v) is 9.04. The first-order valence-electron chi connectivity index (χ1n) is 12.2. The molecule has 1 aromatic heterocycles. The van der Waals surface area contributed by atoms with E-state index in [4.69, 9.17) is 19.0 Å². The smallest absolute Gasteiger partial charge is 0.161 e. The Balaban J connectivity index is 1.51. The Morgan fingerprint density at radius 2 is 1.68 bits per heavy atom. The topological polar surface area (TPSA) is 68.3 Å². The summed E-state index contributed by atoms with van der Waals surface area (Å²) in [5.74, 6) is 2.11. The third-order valence-corrected chi connectivity index (χ3v) is 6.30. The number of oxime groups is 1. The van der Waals surface area contributed by atoms with Gasteiger partial charge in [-0.25, -0.2) is 0 Å². The number of hydrogen-bond acceptors (Lipinski definition) is 6. The summed E-state index contributed by atoms with van der Waals surface area (Å²) < 4.78 is 17.2.